The molecule has 1 aromatic carbocycles. The van der Waals surface area contributed by atoms with Crippen molar-refractivity contribution >= 4 is 16.8 Å². The van der Waals surface area contributed by atoms with Crippen LogP contribution in [0, 0.1) is 20.8 Å². The van der Waals surface area contributed by atoms with E-state index in [1.54, 1.807) is 18.6 Å². The second-order valence-electron chi connectivity index (χ2n) is 7.78. The van der Waals surface area contributed by atoms with Crippen LogP contribution in [-0.2, 0) is 7.05 Å². The van der Waals surface area contributed by atoms with Gasteiger partial charge >= 0.3 is 0 Å². The van der Waals surface area contributed by atoms with Crippen molar-refractivity contribution < 1.29 is 4.79 Å². The van der Waals surface area contributed by atoms with Gasteiger partial charge in [0.15, 0.2) is 0 Å². The molecule has 1 atom stereocenters. The lowest BCUT2D eigenvalue weighted by molar-refractivity contribution is 0.0941. The van der Waals surface area contributed by atoms with Gasteiger partial charge in [0.1, 0.15) is 0 Å². The second-order valence-corrected chi connectivity index (χ2v) is 7.78. The number of carbonyl (C=O) groups is 1. The molecule has 4 rings (SSSR count). The van der Waals surface area contributed by atoms with Gasteiger partial charge in [0, 0.05) is 41.6 Å². The molecule has 6 nitrogen and oxygen atoms in total. The zero-order chi connectivity index (χ0) is 21.4. The van der Waals surface area contributed by atoms with Crippen molar-refractivity contribution in [3.05, 3.63) is 76.9 Å². The number of aryl methyl sites for hydroxylation is 3. The number of pyridine rings is 2. The van der Waals surface area contributed by atoms with Crippen molar-refractivity contribution in [2.24, 2.45) is 7.05 Å². The fourth-order valence-corrected chi connectivity index (χ4v) is 3.82. The molecule has 0 aliphatic rings. The van der Waals surface area contributed by atoms with Gasteiger partial charge < -0.3 is 5.32 Å². The molecule has 6 heteroatoms. The summed E-state index contributed by atoms with van der Waals surface area (Å²) in [5.41, 5.74) is 7.23. The minimum absolute atomic E-state index is 0.131. The number of hydrogen-bond acceptors (Lipinski definition) is 4. The molecule has 4 aromatic rings. The maximum Gasteiger partial charge on any atom is 0.252 e. The van der Waals surface area contributed by atoms with E-state index < -0.39 is 0 Å². The first kappa shape index (κ1) is 19.8. The Morgan fingerprint density at radius 2 is 1.93 bits per heavy atom. The van der Waals surface area contributed by atoms with E-state index in [1.807, 2.05) is 63.7 Å². The number of benzene rings is 1. The average molecular weight is 399 g/mol. The van der Waals surface area contributed by atoms with E-state index in [1.165, 1.54) is 0 Å². The topological polar surface area (TPSA) is 72.7 Å². The molecule has 3 heterocycles. The smallest absolute Gasteiger partial charge is 0.252 e. The molecule has 0 radical (unpaired) electrons. The van der Waals surface area contributed by atoms with Gasteiger partial charge in [-0.15, -0.1) is 0 Å². The van der Waals surface area contributed by atoms with Gasteiger partial charge in [-0.25, -0.2) is 4.98 Å². The molecular weight excluding hydrogens is 374 g/mol. The van der Waals surface area contributed by atoms with Gasteiger partial charge in [-0.2, -0.15) is 5.10 Å². The zero-order valence-corrected chi connectivity index (χ0v) is 17.9. The molecule has 0 spiro atoms. The molecule has 0 saturated carbocycles. The molecule has 0 fully saturated rings. The summed E-state index contributed by atoms with van der Waals surface area (Å²) >= 11 is 0. The Hall–Kier alpha value is -3.54. The molecule has 3 aromatic heterocycles. The van der Waals surface area contributed by atoms with Crippen molar-refractivity contribution in [3.63, 3.8) is 0 Å². The standard InChI is InChI=1S/C24H25N5O/c1-14-9-15(2)23-19(10-14)20(11-22(28-23)18-7-6-8-25-12-18)24(30)27-16(3)21-13-26-29(5)17(21)4/h6-13,16H,1-5H3,(H,27,30)/t16-/m0/s1. The van der Waals surface area contributed by atoms with Crippen molar-refractivity contribution in [3.8, 4) is 11.3 Å². The number of nitrogens with zero attached hydrogens (tertiary/aromatic N) is 4. The number of amides is 1. The first-order chi connectivity index (χ1) is 14.3. The van der Waals surface area contributed by atoms with Crippen LogP contribution in [0.4, 0.5) is 0 Å². The van der Waals surface area contributed by atoms with Gasteiger partial charge in [0.05, 0.1) is 29.0 Å². The maximum atomic E-state index is 13.4. The van der Waals surface area contributed by atoms with Crippen LogP contribution in [0.1, 0.15) is 45.7 Å². The SMILES string of the molecule is Cc1cc(C)c2nc(-c3cccnc3)cc(C(=O)N[C@@H](C)c3cnn(C)c3C)c2c1. The highest BCUT2D eigenvalue weighted by molar-refractivity contribution is 6.08. The average Bonchev–Trinajstić information content (AvgIpc) is 3.06. The van der Waals surface area contributed by atoms with E-state index in [2.05, 4.69) is 21.5 Å². The summed E-state index contributed by atoms with van der Waals surface area (Å²) in [4.78, 5) is 22.4. The van der Waals surface area contributed by atoms with Crippen molar-refractivity contribution in [2.75, 3.05) is 0 Å². The highest BCUT2D eigenvalue weighted by Crippen LogP contribution is 2.28. The summed E-state index contributed by atoms with van der Waals surface area (Å²) in [5, 5.41) is 8.29. The molecule has 0 saturated heterocycles. The first-order valence-electron chi connectivity index (χ1n) is 9.97. The van der Waals surface area contributed by atoms with E-state index in [0.717, 1.165) is 44.5 Å². The Balaban J connectivity index is 1.81. The van der Waals surface area contributed by atoms with Crippen molar-refractivity contribution in [1.29, 1.82) is 0 Å². The summed E-state index contributed by atoms with van der Waals surface area (Å²) < 4.78 is 1.81. The second kappa shape index (κ2) is 7.71. The summed E-state index contributed by atoms with van der Waals surface area (Å²) in [6.45, 7) is 8.04. The van der Waals surface area contributed by atoms with Crippen LogP contribution in [0.5, 0.6) is 0 Å². The normalized spacial score (nSPS) is 12.2. The van der Waals surface area contributed by atoms with E-state index >= 15 is 0 Å². The van der Waals surface area contributed by atoms with Crippen LogP contribution in [0.3, 0.4) is 0 Å². The fourth-order valence-electron chi connectivity index (χ4n) is 3.82. The summed E-state index contributed by atoms with van der Waals surface area (Å²) in [7, 11) is 1.90. The minimum Gasteiger partial charge on any atom is -0.345 e. The highest BCUT2D eigenvalue weighted by Gasteiger charge is 2.19. The summed E-state index contributed by atoms with van der Waals surface area (Å²) in [5.74, 6) is -0.131. The van der Waals surface area contributed by atoms with Crippen LogP contribution in [0.15, 0.2) is 48.9 Å². The number of rotatable bonds is 4. The number of carbonyl (C=O) groups excluding carboxylic acids is 1. The largest absolute Gasteiger partial charge is 0.345 e. The predicted octanol–water partition coefficient (Wildman–Crippen LogP) is 4.45. The van der Waals surface area contributed by atoms with Gasteiger partial charge in [-0.3, -0.25) is 14.5 Å². The zero-order valence-electron chi connectivity index (χ0n) is 17.9. The Bertz CT molecular complexity index is 1240. The number of nitrogens with one attached hydrogen (secondary N) is 1. The van der Waals surface area contributed by atoms with E-state index in [-0.39, 0.29) is 11.9 Å². The third-order valence-electron chi connectivity index (χ3n) is 5.54. The van der Waals surface area contributed by atoms with Gasteiger partial charge in [0.2, 0.25) is 0 Å². The van der Waals surface area contributed by atoms with Crippen molar-refractivity contribution in [1.82, 2.24) is 25.1 Å². The maximum absolute atomic E-state index is 13.4. The number of hydrogen-bond donors (Lipinski definition) is 1. The van der Waals surface area contributed by atoms with Gasteiger partial charge in [-0.05, 0) is 57.5 Å². The lowest BCUT2D eigenvalue weighted by atomic mass is 9.99. The van der Waals surface area contributed by atoms with Crippen LogP contribution in [0.2, 0.25) is 0 Å². The third-order valence-corrected chi connectivity index (χ3v) is 5.54. The number of aromatic nitrogens is 4. The van der Waals surface area contributed by atoms with Crippen LogP contribution >= 0.6 is 0 Å². The molecular formula is C24H25N5O. The minimum atomic E-state index is -0.165. The molecule has 0 aliphatic heterocycles. The van der Waals surface area contributed by atoms with Crippen LogP contribution in [0.25, 0.3) is 22.2 Å². The van der Waals surface area contributed by atoms with E-state index in [0.29, 0.717) is 5.56 Å². The molecule has 1 N–H and O–H groups in total. The lowest BCUT2D eigenvalue weighted by Gasteiger charge is -2.16. The monoisotopic (exact) mass is 399 g/mol. The Morgan fingerprint density at radius 1 is 1.13 bits per heavy atom. The Morgan fingerprint density at radius 3 is 2.60 bits per heavy atom. The van der Waals surface area contributed by atoms with Gasteiger partial charge in [-0.1, -0.05) is 11.6 Å². The first-order valence-corrected chi connectivity index (χ1v) is 9.97. The van der Waals surface area contributed by atoms with Crippen molar-refractivity contribution in [2.45, 2.75) is 33.7 Å². The summed E-state index contributed by atoms with van der Waals surface area (Å²) in [6, 6.07) is 9.63. The molecule has 30 heavy (non-hydrogen) atoms. The lowest BCUT2D eigenvalue weighted by Crippen LogP contribution is -2.27. The molecule has 0 unspecified atom stereocenters. The molecule has 1 amide bonds. The third kappa shape index (κ3) is 3.56. The van der Waals surface area contributed by atoms with E-state index in [9.17, 15) is 4.79 Å². The summed E-state index contributed by atoms with van der Waals surface area (Å²) in [6.07, 6.45) is 5.30. The predicted molar refractivity (Wildman–Crippen MR) is 118 cm³/mol. The molecule has 0 aliphatic carbocycles. The highest BCUT2D eigenvalue weighted by atomic mass is 16.1. The van der Waals surface area contributed by atoms with Crippen LogP contribution in [-0.4, -0.2) is 25.7 Å². The Kier molecular flexibility index (Phi) is 5.08. The van der Waals surface area contributed by atoms with Crippen LogP contribution < -0.4 is 5.32 Å². The number of fused-ring (bicyclic) bond motifs is 1. The molecule has 152 valence electrons. The van der Waals surface area contributed by atoms with Gasteiger partial charge in [0.25, 0.3) is 5.91 Å². The quantitative estimate of drug-likeness (QED) is 0.550. The fraction of sp³-hybridized carbons (Fsp3) is 0.250. The van der Waals surface area contributed by atoms with E-state index in [4.69, 9.17) is 4.98 Å². The Labute approximate surface area is 176 Å². The molecule has 0 bridgehead atoms.